The number of anilines is 1. The molecule has 0 bridgehead atoms. The van der Waals surface area contributed by atoms with E-state index in [1.807, 2.05) is 19.9 Å². The molecule has 0 unspecified atom stereocenters. The summed E-state index contributed by atoms with van der Waals surface area (Å²) < 4.78 is 30.3. The lowest BCUT2D eigenvalue weighted by Crippen LogP contribution is -2.44. The van der Waals surface area contributed by atoms with Crippen LogP contribution < -0.4 is 15.0 Å². The SMILES string of the molecule is CC(C)NC(=O)C1CCC(N2C(=NC(=O)c3cccc(S(C)(=O)=O)c3)Cc3cnc(OCCN4CCCCC4)cc32)CC1. The Kier molecular flexibility index (Phi) is 9.81. The minimum atomic E-state index is -3.47. The molecule has 1 N–H and O–H groups in total. The van der Waals surface area contributed by atoms with Crippen LogP contribution >= 0.6 is 0 Å². The van der Waals surface area contributed by atoms with Crippen molar-refractivity contribution >= 4 is 33.2 Å². The smallest absolute Gasteiger partial charge is 0.278 e. The number of aromatic nitrogens is 1. The highest BCUT2D eigenvalue weighted by atomic mass is 32.2. The van der Waals surface area contributed by atoms with Crippen molar-refractivity contribution in [1.29, 1.82) is 0 Å². The number of nitrogens with one attached hydrogen (secondary N) is 1. The summed E-state index contributed by atoms with van der Waals surface area (Å²) in [5.41, 5.74) is 2.11. The molecule has 11 heteroatoms. The fourth-order valence-electron chi connectivity index (χ4n) is 6.29. The van der Waals surface area contributed by atoms with Gasteiger partial charge in [0.25, 0.3) is 5.91 Å². The molecule has 43 heavy (non-hydrogen) atoms. The third kappa shape index (κ3) is 7.80. The molecule has 1 saturated heterocycles. The van der Waals surface area contributed by atoms with Crippen molar-refractivity contribution in [2.75, 3.05) is 37.4 Å². The highest BCUT2D eigenvalue weighted by Crippen LogP contribution is 2.38. The van der Waals surface area contributed by atoms with Crippen LogP contribution in [0.4, 0.5) is 5.69 Å². The predicted molar refractivity (Wildman–Crippen MR) is 167 cm³/mol. The van der Waals surface area contributed by atoms with Gasteiger partial charge in [-0.1, -0.05) is 12.5 Å². The minimum absolute atomic E-state index is 0.0346. The number of carbonyl (C=O) groups excluding carboxylic acids is 2. The first-order valence-electron chi connectivity index (χ1n) is 15.4. The van der Waals surface area contributed by atoms with Gasteiger partial charge in [-0.05, 0) is 83.7 Å². The van der Waals surface area contributed by atoms with E-state index in [4.69, 9.17) is 4.74 Å². The largest absolute Gasteiger partial charge is 0.476 e. The lowest BCUT2D eigenvalue weighted by Gasteiger charge is -2.36. The molecule has 3 aliphatic rings. The summed E-state index contributed by atoms with van der Waals surface area (Å²) >= 11 is 0. The maximum Gasteiger partial charge on any atom is 0.278 e. The van der Waals surface area contributed by atoms with Crippen LogP contribution in [0, 0.1) is 5.92 Å². The molecule has 1 aromatic heterocycles. The number of rotatable bonds is 9. The van der Waals surface area contributed by atoms with E-state index in [1.165, 1.54) is 31.4 Å². The summed E-state index contributed by atoms with van der Waals surface area (Å²) in [6, 6.07) is 8.10. The topological polar surface area (TPSA) is 121 Å². The molecule has 1 aliphatic carbocycles. The van der Waals surface area contributed by atoms with Gasteiger partial charge in [0.2, 0.25) is 11.8 Å². The molecule has 2 amide bonds. The van der Waals surface area contributed by atoms with Crippen LogP contribution in [0.5, 0.6) is 5.88 Å². The summed E-state index contributed by atoms with van der Waals surface area (Å²) in [7, 11) is -3.47. The first-order valence-corrected chi connectivity index (χ1v) is 17.3. The molecule has 5 rings (SSSR count). The van der Waals surface area contributed by atoms with Gasteiger partial charge in [-0.15, -0.1) is 0 Å². The maximum absolute atomic E-state index is 13.4. The second kappa shape index (κ2) is 13.5. The molecule has 2 aliphatic heterocycles. The van der Waals surface area contributed by atoms with E-state index in [0.29, 0.717) is 24.7 Å². The number of benzene rings is 1. The molecule has 2 aromatic rings. The number of nitrogens with zero attached hydrogens (tertiary/aromatic N) is 4. The van der Waals surface area contributed by atoms with Crippen LogP contribution in [-0.2, 0) is 21.1 Å². The fourth-order valence-corrected chi connectivity index (χ4v) is 6.96. The van der Waals surface area contributed by atoms with Gasteiger partial charge >= 0.3 is 0 Å². The highest BCUT2D eigenvalue weighted by Gasteiger charge is 2.37. The molecule has 0 atom stereocenters. The van der Waals surface area contributed by atoms with Gasteiger partial charge in [-0.3, -0.25) is 14.5 Å². The van der Waals surface area contributed by atoms with Crippen molar-refractivity contribution in [1.82, 2.24) is 15.2 Å². The summed E-state index contributed by atoms with van der Waals surface area (Å²) in [5, 5.41) is 3.04. The Morgan fingerprint density at radius 3 is 2.53 bits per heavy atom. The van der Waals surface area contributed by atoms with Gasteiger partial charge < -0.3 is 15.0 Å². The number of ether oxygens (including phenoxy) is 1. The van der Waals surface area contributed by atoms with Crippen LogP contribution in [0.3, 0.4) is 0 Å². The number of likely N-dealkylation sites (tertiary alicyclic amines) is 1. The zero-order chi connectivity index (χ0) is 30.6. The van der Waals surface area contributed by atoms with E-state index in [9.17, 15) is 18.0 Å². The second-order valence-corrected chi connectivity index (χ2v) is 14.3. The third-order valence-corrected chi connectivity index (χ3v) is 9.64. The van der Waals surface area contributed by atoms with E-state index in [0.717, 1.165) is 62.8 Å². The number of amides is 2. The number of pyridine rings is 1. The zero-order valence-corrected chi connectivity index (χ0v) is 26.2. The quantitative estimate of drug-likeness (QED) is 0.452. The number of hydrogen-bond donors (Lipinski definition) is 1. The average Bonchev–Trinajstić information content (AvgIpc) is 3.34. The van der Waals surface area contributed by atoms with Gasteiger partial charge in [0, 0.05) is 60.6 Å². The number of amidine groups is 1. The Hall–Kier alpha value is -3.31. The lowest BCUT2D eigenvalue weighted by molar-refractivity contribution is -0.126. The first-order chi connectivity index (χ1) is 20.6. The molecule has 10 nitrogen and oxygen atoms in total. The van der Waals surface area contributed by atoms with Gasteiger partial charge in [0.15, 0.2) is 9.84 Å². The van der Waals surface area contributed by atoms with Crippen molar-refractivity contribution in [3.05, 3.63) is 47.7 Å². The van der Waals surface area contributed by atoms with Gasteiger partial charge in [-0.2, -0.15) is 4.99 Å². The number of hydrogen-bond acceptors (Lipinski definition) is 7. The van der Waals surface area contributed by atoms with Crippen molar-refractivity contribution in [2.24, 2.45) is 10.9 Å². The van der Waals surface area contributed by atoms with Gasteiger partial charge in [0.1, 0.15) is 12.4 Å². The van der Waals surface area contributed by atoms with Crippen molar-refractivity contribution in [3.8, 4) is 5.88 Å². The molecule has 1 aromatic carbocycles. The monoisotopic (exact) mass is 609 g/mol. The second-order valence-electron chi connectivity index (χ2n) is 12.3. The van der Waals surface area contributed by atoms with E-state index in [1.54, 1.807) is 18.3 Å². The maximum atomic E-state index is 13.4. The van der Waals surface area contributed by atoms with Crippen LogP contribution in [-0.4, -0.2) is 80.5 Å². The molecule has 3 heterocycles. The van der Waals surface area contributed by atoms with Crippen molar-refractivity contribution in [3.63, 3.8) is 0 Å². The highest BCUT2D eigenvalue weighted by molar-refractivity contribution is 7.90. The number of fused-ring (bicyclic) bond motifs is 1. The zero-order valence-electron chi connectivity index (χ0n) is 25.4. The minimum Gasteiger partial charge on any atom is -0.476 e. The van der Waals surface area contributed by atoms with E-state index in [-0.39, 0.29) is 34.4 Å². The molecule has 232 valence electrons. The van der Waals surface area contributed by atoms with Crippen LogP contribution in [0.25, 0.3) is 0 Å². The summed E-state index contributed by atoms with van der Waals surface area (Å²) in [6.45, 7) is 7.56. The summed E-state index contributed by atoms with van der Waals surface area (Å²) in [4.78, 5) is 39.8. The normalized spacial score (nSPS) is 22.0. The Balaban J connectivity index is 1.37. The van der Waals surface area contributed by atoms with E-state index >= 15 is 0 Å². The predicted octanol–water partition coefficient (Wildman–Crippen LogP) is 4.03. The number of carbonyl (C=O) groups is 2. The molecular weight excluding hydrogens is 566 g/mol. The molecule has 0 radical (unpaired) electrons. The Morgan fingerprint density at radius 2 is 1.84 bits per heavy atom. The van der Waals surface area contributed by atoms with Crippen molar-refractivity contribution in [2.45, 2.75) is 82.2 Å². The third-order valence-electron chi connectivity index (χ3n) is 8.53. The number of sulfone groups is 1. The first kappa shape index (κ1) is 31.1. The van der Waals surface area contributed by atoms with Gasteiger partial charge in [-0.25, -0.2) is 13.4 Å². The number of piperidine rings is 1. The Labute approximate surface area is 254 Å². The average molecular weight is 610 g/mol. The number of aliphatic imine (C=N–C) groups is 1. The molecule has 0 spiro atoms. The Bertz CT molecular complexity index is 1460. The van der Waals surface area contributed by atoms with Crippen LogP contribution in [0.2, 0.25) is 0 Å². The van der Waals surface area contributed by atoms with Gasteiger partial charge in [0.05, 0.1) is 10.6 Å². The van der Waals surface area contributed by atoms with E-state index in [2.05, 4.69) is 25.1 Å². The molecular formula is C32H43N5O5S. The molecule has 1 saturated carbocycles. The summed E-state index contributed by atoms with van der Waals surface area (Å²) in [5.74, 6) is 0.715. The standard InChI is InChI=1S/C32H43N5O5S/c1-22(2)34-31(38)23-10-12-26(13-11-23)37-28-20-30(42-17-16-36-14-5-4-6-15-36)33-21-25(28)19-29(37)35-32(39)24-8-7-9-27(18-24)43(3,40)41/h7-9,18,20-23,26H,4-6,10-17,19H2,1-3H3,(H,34,38). The van der Waals surface area contributed by atoms with E-state index < -0.39 is 15.7 Å². The molecule has 2 fully saturated rings. The van der Waals surface area contributed by atoms with Crippen LogP contribution in [0.15, 0.2) is 46.4 Å². The van der Waals surface area contributed by atoms with Crippen molar-refractivity contribution < 1.29 is 22.7 Å². The van der Waals surface area contributed by atoms with Crippen LogP contribution in [0.1, 0.15) is 74.7 Å². The summed E-state index contributed by atoms with van der Waals surface area (Å²) in [6.07, 6.45) is 10.2. The fraction of sp³-hybridized carbons (Fsp3) is 0.562. The Morgan fingerprint density at radius 1 is 1.09 bits per heavy atom. The lowest BCUT2D eigenvalue weighted by atomic mass is 9.84.